The fourth-order valence-electron chi connectivity index (χ4n) is 6.13. The van der Waals surface area contributed by atoms with Gasteiger partial charge in [-0.25, -0.2) is 0 Å². The molecule has 2 aromatic carbocycles. The van der Waals surface area contributed by atoms with Crippen molar-refractivity contribution >= 4 is 11.6 Å². The summed E-state index contributed by atoms with van der Waals surface area (Å²) in [5.74, 6) is -0.0626. The van der Waals surface area contributed by atoms with E-state index in [2.05, 4.69) is 62.4 Å². The highest BCUT2D eigenvalue weighted by atomic mass is 16.1. The third kappa shape index (κ3) is 1.83. The predicted molar refractivity (Wildman–Crippen MR) is 108 cm³/mol. The Morgan fingerprint density at radius 2 is 0.929 bits per heavy atom. The predicted octanol–water partition coefficient (Wildman–Crippen LogP) is 5.09. The number of Topliss-reactive ketones (excluding diaryl/α,β-unsaturated/α-hetero) is 2. The van der Waals surface area contributed by atoms with Crippen molar-refractivity contribution in [3.05, 3.63) is 93.1 Å². The van der Waals surface area contributed by atoms with Gasteiger partial charge in [-0.3, -0.25) is 9.59 Å². The molecule has 5 aliphatic rings. The first kappa shape index (κ1) is 16.2. The molecule has 2 bridgehead atoms. The van der Waals surface area contributed by atoms with Gasteiger partial charge in [0.2, 0.25) is 0 Å². The van der Waals surface area contributed by atoms with Gasteiger partial charge < -0.3 is 0 Å². The van der Waals surface area contributed by atoms with Gasteiger partial charge in [0.1, 0.15) is 0 Å². The third-order valence-corrected chi connectivity index (χ3v) is 7.57. The zero-order chi connectivity index (χ0) is 19.2. The van der Waals surface area contributed by atoms with Crippen LogP contribution in [0, 0.1) is 11.8 Å². The second-order valence-electron chi connectivity index (χ2n) is 8.86. The van der Waals surface area contributed by atoms with Crippen LogP contribution in [0.3, 0.4) is 0 Å². The lowest BCUT2D eigenvalue weighted by molar-refractivity contribution is -0.131. The number of hydrogen-bond acceptors (Lipinski definition) is 2. The van der Waals surface area contributed by atoms with Crippen molar-refractivity contribution in [2.24, 2.45) is 11.8 Å². The second kappa shape index (κ2) is 5.41. The first-order valence-corrected chi connectivity index (χ1v) is 10.2. The summed E-state index contributed by atoms with van der Waals surface area (Å²) in [6.45, 7) is 4.23. The average molecular weight is 366 g/mol. The Labute approximate surface area is 165 Å². The molecule has 7 rings (SSSR count). The van der Waals surface area contributed by atoms with E-state index in [1.54, 1.807) is 0 Å². The number of hydrogen-bond donors (Lipinski definition) is 0. The number of ketones is 2. The quantitative estimate of drug-likeness (QED) is 0.609. The van der Waals surface area contributed by atoms with E-state index in [4.69, 9.17) is 0 Å². The van der Waals surface area contributed by atoms with Crippen molar-refractivity contribution in [2.45, 2.75) is 38.5 Å². The first-order chi connectivity index (χ1) is 13.6. The van der Waals surface area contributed by atoms with Crippen molar-refractivity contribution in [1.82, 2.24) is 0 Å². The number of rotatable bonds is 0. The number of allylic oxidation sites excluding steroid dienone is 4. The molecule has 0 unspecified atom stereocenters. The van der Waals surface area contributed by atoms with Crippen molar-refractivity contribution in [3.8, 4) is 0 Å². The summed E-state index contributed by atoms with van der Waals surface area (Å²) in [7, 11) is 0. The minimum atomic E-state index is -0.173. The molecule has 5 aliphatic carbocycles. The molecule has 0 amide bonds. The first-order valence-electron chi connectivity index (χ1n) is 10.2. The normalized spacial score (nSPS) is 30.1. The summed E-state index contributed by atoms with van der Waals surface area (Å²) >= 11 is 0. The zero-order valence-corrected chi connectivity index (χ0v) is 16.2. The standard InChI is InChI=1S/C26H22O2/c1-13-11-19-20(12-14(13)2)26(28)24-22-17-9-5-3-7-15(17)21(23(24)25(19)27)16-8-4-6-10-18(16)22/h3-10,19-22H,11-12H2,1-2H3/t19-,20-,21?,22?/m0/s1. The average Bonchev–Trinajstić information content (AvgIpc) is 2.73. The lowest BCUT2D eigenvalue weighted by atomic mass is 9.53. The summed E-state index contributed by atoms with van der Waals surface area (Å²) < 4.78 is 0. The lowest BCUT2D eigenvalue weighted by Gasteiger charge is -2.48. The molecule has 0 saturated carbocycles. The molecular weight excluding hydrogens is 344 g/mol. The van der Waals surface area contributed by atoms with Crippen LogP contribution >= 0.6 is 0 Å². The smallest absolute Gasteiger partial charge is 0.164 e. The fraction of sp³-hybridized carbons (Fsp3) is 0.308. The second-order valence-corrected chi connectivity index (χ2v) is 8.86. The van der Waals surface area contributed by atoms with Crippen LogP contribution in [-0.2, 0) is 9.59 Å². The van der Waals surface area contributed by atoms with Crippen LogP contribution in [0.1, 0.15) is 60.8 Å². The van der Waals surface area contributed by atoms with Crippen LogP contribution in [0.5, 0.6) is 0 Å². The van der Waals surface area contributed by atoms with Crippen molar-refractivity contribution in [3.63, 3.8) is 0 Å². The Kier molecular flexibility index (Phi) is 3.14. The molecule has 2 nitrogen and oxygen atoms in total. The molecule has 0 aromatic heterocycles. The van der Waals surface area contributed by atoms with E-state index in [1.165, 1.54) is 33.4 Å². The molecule has 0 aliphatic heterocycles. The molecular formula is C26H22O2. The Hall–Kier alpha value is -2.74. The van der Waals surface area contributed by atoms with E-state index < -0.39 is 0 Å². The summed E-state index contributed by atoms with van der Waals surface area (Å²) in [5, 5.41) is 0. The molecule has 0 radical (unpaired) electrons. The number of fused-ring (bicyclic) bond motifs is 1. The van der Waals surface area contributed by atoms with Crippen molar-refractivity contribution in [2.75, 3.05) is 0 Å². The van der Waals surface area contributed by atoms with Gasteiger partial charge in [-0.2, -0.15) is 0 Å². The highest BCUT2D eigenvalue weighted by Gasteiger charge is 2.54. The molecule has 0 N–H and O–H groups in total. The zero-order valence-electron chi connectivity index (χ0n) is 16.2. The van der Waals surface area contributed by atoms with Gasteiger partial charge in [0.25, 0.3) is 0 Å². The highest BCUT2D eigenvalue weighted by molar-refractivity contribution is 6.17. The van der Waals surface area contributed by atoms with Gasteiger partial charge in [0.05, 0.1) is 0 Å². The number of carbonyl (C=O) groups is 2. The molecule has 0 fully saturated rings. The lowest BCUT2D eigenvalue weighted by Crippen LogP contribution is -2.46. The van der Waals surface area contributed by atoms with Crippen molar-refractivity contribution in [1.29, 1.82) is 0 Å². The van der Waals surface area contributed by atoms with Crippen LogP contribution in [0.4, 0.5) is 0 Å². The molecule has 138 valence electrons. The van der Waals surface area contributed by atoms with Crippen LogP contribution in [0.2, 0.25) is 0 Å². The maximum Gasteiger partial charge on any atom is 0.164 e. The summed E-state index contributed by atoms with van der Waals surface area (Å²) in [6, 6.07) is 16.8. The molecule has 28 heavy (non-hydrogen) atoms. The van der Waals surface area contributed by atoms with Gasteiger partial charge in [-0.05, 0) is 48.9 Å². The van der Waals surface area contributed by atoms with Gasteiger partial charge in [-0.1, -0.05) is 59.7 Å². The van der Waals surface area contributed by atoms with E-state index in [1.807, 2.05) is 0 Å². The molecule has 2 aromatic rings. The van der Waals surface area contributed by atoms with Crippen molar-refractivity contribution < 1.29 is 9.59 Å². The van der Waals surface area contributed by atoms with E-state index in [9.17, 15) is 9.59 Å². The highest BCUT2D eigenvalue weighted by Crippen LogP contribution is 2.59. The maximum atomic E-state index is 13.8. The topological polar surface area (TPSA) is 34.1 Å². The van der Waals surface area contributed by atoms with Gasteiger partial charge in [0, 0.05) is 34.8 Å². The van der Waals surface area contributed by atoms with Crippen LogP contribution < -0.4 is 0 Å². The Morgan fingerprint density at radius 1 is 0.607 bits per heavy atom. The summed E-state index contributed by atoms with van der Waals surface area (Å²) in [4.78, 5) is 27.5. The maximum absolute atomic E-state index is 13.8. The fourth-order valence-corrected chi connectivity index (χ4v) is 6.13. The minimum Gasteiger partial charge on any atom is -0.294 e. The Balaban J connectivity index is 1.62. The summed E-state index contributed by atoms with van der Waals surface area (Å²) in [5.41, 5.74) is 9.03. The number of carbonyl (C=O) groups excluding carboxylic acids is 2. The summed E-state index contributed by atoms with van der Waals surface area (Å²) in [6.07, 6.45) is 1.47. The third-order valence-electron chi connectivity index (χ3n) is 7.57. The molecule has 0 heterocycles. The van der Waals surface area contributed by atoms with E-state index in [0.29, 0.717) is 0 Å². The SMILES string of the molecule is CC1=C(C)C[C@@H]2C(=O)C3=C(C(=O)[C@H]2C1)C1c2ccccc2C3c2ccccc21. The largest absolute Gasteiger partial charge is 0.294 e. The van der Waals surface area contributed by atoms with Crippen LogP contribution in [0.15, 0.2) is 70.8 Å². The van der Waals surface area contributed by atoms with Gasteiger partial charge >= 0.3 is 0 Å². The van der Waals surface area contributed by atoms with Gasteiger partial charge in [0.15, 0.2) is 11.6 Å². The van der Waals surface area contributed by atoms with E-state index in [0.717, 1.165) is 24.0 Å². The molecule has 2 heteroatoms. The molecule has 0 spiro atoms. The van der Waals surface area contributed by atoms with Crippen LogP contribution in [-0.4, -0.2) is 11.6 Å². The molecule has 0 saturated heterocycles. The van der Waals surface area contributed by atoms with E-state index >= 15 is 0 Å². The molecule has 2 atom stereocenters. The van der Waals surface area contributed by atoms with Gasteiger partial charge in [-0.15, -0.1) is 0 Å². The minimum absolute atomic E-state index is 0.0860. The van der Waals surface area contributed by atoms with E-state index in [-0.39, 0.29) is 35.2 Å². The monoisotopic (exact) mass is 366 g/mol. The van der Waals surface area contributed by atoms with Crippen LogP contribution in [0.25, 0.3) is 0 Å². The Morgan fingerprint density at radius 3 is 1.25 bits per heavy atom. The number of benzene rings is 2. The Bertz CT molecular complexity index is 1010.